The van der Waals surface area contributed by atoms with E-state index in [1.54, 1.807) is 5.57 Å². The molecule has 0 aromatic carbocycles. The predicted octanol–water partition coefficient (Wildman–Crippen LogP) is 4.06. The first-order chi connectivity index (χ1) is 8.68. The van der Waals surface area contributed by atoms with Gasteiger partial charge in [0.25, 0.3) is 0 Å². The van der Waals surface area contributed by atoms with Crippen molar-refractivity contribution in [2.75, 3.05) is 13.7 Å². The minimum Gasteiger partial charge on any atom is -0.377 e. The lowest BCUT2D eigenvalue weighted by Gasteiger charge is -2.38. The summed E-state index contributed by atoms with van der Waals surface area (Å²) in [5.74, 6) is 0. The van der Waals surface area contributed by atoms with Gasteiger partial charge in [-0.2, -0.15) is 0 Å². The molecule has 2 heteroatoms. The molecule has 0 bridgehead atoms. The van der Waals surface area contributed by atoms with E-state index in [9.17, 15) is 0 Å². The SMILES string of the molecule is CCNC(C1=CCCCCCC1)C(C)(CC)OC. The molecule has 0 saturated heterocycles. The van der Waals surface area contributed by atoms with Gasteiger partial charge in [0.1, 0.15) is 0 Å². The molecule has 0 heterocycles. The highest BCUT2D eigenvalue weighted by molar-refractivity contribution is 5.17. The highest BCUT2D eigenvalue weighted by atomic mass is 16.5. The molecule has 1 N–H and O–H groups in total. The number of hydrogen-bond donors (Lipinski definition) is 1. The molecule has 0 fully saturated rings. The van der Waals surface area contributed by atoms with E-state index >= 15 is 0 Å². The number of ether oxygens (including phenoxy) is 1. The zero-order valence-electron chi connectivity index (χ0n) is 12.7. The van der Waals surface area contributed by atoms with Crippen molar-refractivity contribution in [2.45, 2.75) is 77.4 Å². The van der Waals surface area contributed by atoms with Crippen molar-refractivity contribution < 1.29 is 4.74 Å². The highest BCUT2D eigenvalue weighted by Crippen LogP contribution is 2.29. The van der Waals surface area contributed by atoms with Crippen molar-refractivity contribution in [1.82, 2.24) is 5.32 Å². The topological polar surface area (TPSA) is 21.3 Å². The second kappa shape index (κ2) is 7.96. The maximum atomic E-state index is 5.82. The summed E-state index contributed by atoms with van der Waals surface area (Å²) in [4.78, 5) is 0. The van der Waals surface area contributed by atoms with Gasteiger partial charge in [0.05, 0.1) is 11.6 Å². The Kier molecular flexibility index (Phi) is 6.95. The molecule has 0 spiro atoms. The molecule has 1 aliphatic carbocycles. The summed E-state index contributed by atoms with van der Waals surface area (Å²) in [7, 11) is 1.84. The van der Waals surface area contributed by atoms with E-state index in [2.05, 4.69) is 32.2 Å². The fourth-order valence-corrected chi connectivity index (χ4v) is 2.89. The molecule has 1 rings (SSSR count). The van der Waals surface area contributed by atoms with E-state index in [1.807, 2.05) is 7.11 Å². The molecule has 0 aromatic heterocycles. The summed E-state index contributed by atoms with van der Waals surface area (Å²) in [6, 6.07) is 0.371. The van der Waals surface area contributed by atoms with Crippen LogP contribution in [0.5, 0.6) is 0 Å². The average Bonchev–Trinajstić information content (AvgIpc) is 2.36. The molecule has 18 heavy (non-hydrogen) atoms. The van der Waals surface area contributed by atoms with E-state index in [0.717, 1.165) is 13.0 Å². The molecule has 106 valence electrons. The molecule has 0 aromatic rings. The van der Waals surface area contributed by atoms with Crippen molar-refractivity contribution in [1.29, 1.82) is 0 Å². The monoisotopic (exact) mass is 253 g/mol. The second-order valence-electron chi connectivity index (χ2n) is 5.59. The Balaban J connectivity index is 2.87. The van der Waals surface area contributed by atoms with Gasteiger partial charge in [-0.1, -0.05) is 38.3 Å². The van der Waals surface area contributed by atoms with Crippen molar-refractivity contribution >= 4 is 0 Å². The summed E-state index contributed by atoms with van der Waals surface area (Å²) in [5, 5.41) is 3.65. The van der Waals surface area contributed by atoms with Gasteiger partial charge in [-0.3, -0.25) is 0 Å². The third-order valence-electron chi connectivity index (χ3n) is 4.38. The Morgan fingerprint density at radius 3 is 2.61 bits per heavy atom. The Labute approximate surface area is 113 Å². The van der Waals surface area contributed by atoms with Crippen molar-refractivity contribution in [3.05, 3.63) is 11.6 Å². The van der Waals surface area contributed by atoms with Crippen LogP contribution in [0.25, 0.3) is 0 Å². The zero-order valence-corrected chi connectivity index (χ0v) is 12.7. The fourth-order valence-electron chi connectivity index (χ4n) is 2.89. The van der Waals surface area contributed by atoms with Crippen LogP contribution in [0.1, 0.15) is 65.7 Å². The summed E-state index contributed by atoms with van der Waals surface area (Å²) in [6.45, 7) is 7.64. The molecule has 0 amide bonds. The number of hydrogen-bond acceptors (Lipinski definition) is 2. The normalized spacial score (nSPS) is 22.6. The van der Waals surface area contributed by atoms with Crippen LogP contribution in [-0.4, -0.2) is 25.3 Å². The van der Waals surface area contributed by atoms with E-state index in [1.165, 1.54) is 38.5 Å². The smallest absolute Gasteiger partial charge is 0.0838 e. The summed E-state index contributed by atoms with van der Waals surface area (Å²) in [6.07, 6.45) is 11.4. The molecule has 2 unspecified atom stereocenters. The lowest BCUT2D eigenvalue weighted by Crippen LogP contribution is -2.51. The van der Waals surface area contributed by atoms with E-state index in [4.69, 9.17) is 4.74 Å². The minimum atomic E-state index is -0.0823. The lowest BCUT2D eigenvalue weighted by molar-refractivity contribution is -0.0196. The molecule has 0 radical (unpaired) electrons. The number of allylic oxidation sites excluding steroid dienone is 1. The number of methoxy groups -OCH3 is 1. The van der Waals surface area contributed by atoms with Crippen LogP contribution in [0.15, 0.2) is 11.6 Å². The predicted molar refractivity (Wildman–Crippen MR) is 79.0 cm³/mol. The van der Waals surface area contributed by atoms with Crippen molar-refractivity contribution in [2.24, 2.45) is 0 Å². The average molecular weight is 253 g/mol. The second-order valence-corrected chi connectivity index (χ2v) is 5.59. The Morgan fingerprint density at radius 1 is 1.28 bits per heavy atom. The molecule has 0 aliphatic heterocycles. The molecular formula is C16H31NO. The van der Waals surface area contributed by atoms with Gasteiger partial charge < -0.3 is 10.1 Å². The first kappa shape index (κ1) is 15.7. The molecule has 2 atom stereocenters. The van der Waals surface area contributed by atoms with E-state index in [0.29, 0.717) is 6.04 Å². The molecule has 0 saturated carbocycles. The zero-order chi connectivity index (χ0) is 13.4. The number of nitrogens with one attached hydrogen (secondary N) is 1. The highest BCUT2D eigenvalue weighted by Gasteiger charge is 2.34. The van der Waals surface area contributed by atoms with Gasteiger partial charge in [-0.05, 0) is 45.6 Å². The standard InChI is InChI=1S/C16H31NO/c1-5-16(3,18-4)15(17-6-2)14-12-10-8-7-9-11-13-14/h12,15,17H,5-11,13H2,1-4H3. The minimum absolute atomic E-state index is 0.0823. The van der Waals surface area contributed by atoms with Crippen LogP contribution < -0.4 is 5.32 Å². The lowest BCUT2D eigenvalue weighted by atomic mass is 9.83. The third kappa shape index (κ3) is 4.10. The third-order valence-corrected chi connectivity index (χ3v) is 4.38. The molecule has 2 nitrogen and oxygen atoms in total. The fraction of sp³-hybridized carbons (Fsp3) is 0.875. The Bertz CT molecular complexity index is 256. The van der Waals surface area contributed by atoms with Gasteiger partial charge in [0.15, 0.2) is 0 Å². The van der Waals surface area contributed by atoms with E-state index < -0.39 is 0 Å². The Morgan fingerprint density at radius 2 is 2.00 bits per heavy atom. The quantitative estimate of drug-likeness (QED) is 0.721. The van der Waals surface area contributed by atoms with Crippen molar-refractivity contribution in [3.63, 3.8) is 0 Å². The number of rotatable bonds is 6. The van der Waals surface area contributed by atoms with Gasteiger partial charge in [-0.15, -0.1) is 0 Å². The number of likely N-dealkylation sites (N-methyl/N-ethyl adjacent to an activating group) is 1. The van der Waals surface area contributed by atoms with Crippen LogP contribution in [0, 0.1) is 0 Å². The largest absolute Gasteiger partial charge is 0.377 e. The van der Waals surface area contributed by atoms with Crippen LogP contribution >= 0.6 is 0 Å². The first-order valence-electron chi connectivity index (χ1n) is 7.65. The van der Waals surface area contributed by atoms with Gasteiger partial charge in [0.2, 0.25) is 0 Å². The van der Waals surface area contributed by atoms with Crippen LogP contribution in [0.2, 0.25) is 0 Å². The first-order valence-corrected chi connectivity index (χ1v) is 7.65. The summed E-state index contributed by atoms with van der Waals surface area (Å²) < 4.78 is 5.82. The van der Waals surface area contributed by atoms with Gasteiger partial charge >= 0.3 is 0 Å². The van der Waals surface area contributed by atoms with Crippen LogP contribution in [-0.2, 0) is 4.74 Å². The van der Waals surface area contributed by atoms with Gasteiger partial charge in [-0.25, -0.2) is 0 Å². The Hall–Kier alpha value is -0.340. The molecule has 1 aliphatic rings. The maximum absolute atomic E-state index is 5.82. The van der Waals surface area contributed by atoms with Crippen LogP contribution in [0.4, 0.5) is 0 Å². The van der Waals surface area contributed by atoms with Gasteiger partial charge in [0, 0.05) is 7.11 Å². The maximum Gasteiger partial charge on any atom is 0.0838 e. The summed E-state index contributed by atoms with van der Waals surface area (Å²) >= 11 is 0. The van der Waals surface area contributed by atoms with Crippen molar-refractivity contribution in [3.8, 4) is 0 Å². The summed E-state index contributed by atoms with van der Waals surface area (Å²) in [5.41, 5.74) is 1.49. The van der Waals surface area contributed by atoms with Crippen LogP contribution in [0.3, 0.4) is 0 Å². The van der Waals surface area contributed by atoms with E-state index in [-0.39, 0.29) is 5.60 Å². The molecular weight excluding hydrogens is 222 g/mol.